The van der Waals surface area contributed by atoms with Crippen LogP contribution in [0.4, 0.5) is 5.82 Å². The lowest BCUT2D eigenvalue weighted by Crippen LogP contribution is -2.32. The molecule has 25 heavy (non-hydrogen) atoms. The highest BCUT2D eigenvalue weighted by molar-refractivity contribution is 5.76. The van der Waals surface area contributed by atoms with Gasteiger partial charge in [0.2, 0.25) is 0 Å². The van der Waals surface area contributed by atoms with E-state index in [0.717, 1.165) is 37.0 Å². The summed E-state index contributed by atoms with van der Waals surface area (Å²) < 4.78 is 1.83. The molecule has 2 aromatic heterocycles. The van der Waals surface area contributed by atoms with E-state index in [9.17, 15) is 4.79 Å². The number of pyridine rings is 1. The van der Waals surface area contributed by atoms with Crippen molar-refractivity contribution in [2.75, 3.05) is 18.0 Å². The van der Waals surface area contributed by atoms with Gasteiger partial charge in [0.05, 0.1) is 11.0 Å². The molecule has 0 spiro atoms. The zero-order valence-corrected chi connectivity index (χ0v) is 14.4. The Bertz CT molecular complexity index is 935. The molecule has 0 N–H and O–H groups in total. The molecule has 0 saturated carbocycles. The van der Waals surface area contributed by atoms with Crippen molar-refractivity contribution in [1.29, 1.82) is 0 Å². The molecule has 0 aliphatic carbocycles. The first-order valence-electron chi connectivity index (χ1n) is 8.89. The average Bonchev–Trinajstić information content (AvgIpc) is 3.10. The first kappa shape index (κ1) is 15.8. The zero-order chi connectivity index (χ0) is 17.2. The monoisotopic (exact) mass is 334 g/mol. The molecule has 1 fully saturated rings. The smallest absolute Gasteiger partial charge is 0.293 e. The van der Waals surface area contributed by atoms with E-state index in [1.807, 2.05) is 48.1 Å². The minimum atomic E-state index is 0.0192. The van der Waals surface area contributed by atoms with Crippen molar-refractivity contribution >= 4 is 16.9 Å². The number of anilines is 1. The van der Waals surface area contributed by atoms with Gasteiger partial charge in [-0.1, -0.05) is 12.1 Å². The molecule has 0 bridgehead atoms. The van der Waals surface area contributed by atoms with Crippen LogP contribution in [0.2, 0.25) is 0 Å². The molecule has 0 unspecified atom stereocenters. The first-order chi connectivity index (χ1) is 12.3. The molecule has 5 heteroatoms. The number of benzene rings is 1. The predicted octanol–water partition coefficient (Wildman–Crippen LogP) is 2.88. The van der Waals surface area contributed by atoms with Gasteiger partial charge in [0, 0.05) is 32.0 Å². The van der Waals surface area contributed by atoms with Gasteiger partial charge < -0.3 is 9.47 Å². The highest BCUT2D eigenvalue weighted by atomic mass is 16.1. The summed E-state index contributed by atoms with van der Waals surface area (Å²) in [5, 5.41) is 0. The molecule has 0 radical (unpaired) electrons. The van der Waals surface area contributed by atoms with Gasteiger partial charge in [-0.2, -0.15) is 0 Å². The van der Waals surface area contributed by atoms with Gasteiger partial charge in [0.25, 0.3) is 5.56 Å². The maximum atomic E-state index is 12.9. The molecule has 4 rings (SSSR count). The van der Waals surface area contributed by atoms with Crippen molar-refractivity contribution in [3.8, 4) is 0 Å². The molecule has 5 nitrogen and oxygen atoms in total. The number of hydrogen-bond acceptors (Lipinski definition) is 4. The van der Waals surface area contributed by atoms with Crippen LogP contribution in [0.15, 0.2) is 53.6 Å². The third-order valence-corrected chi connectivity index (χ3v) is 5.01. The molecule has 3 heterocycles. The summed E-state index contributed by atoms with van der Waals surface area (Å²) in [4.78, 5) is 23.8. The Kier molecular flexibility index (Phi) is 4.22. The predicted molar refractivity (Wildman–Crippen MR) is 99.9 cm³/mol. The number of rotatable bonds is 4. The Labute approximate surface area is 147 Å². The normalized spacial score (nSPS) is 17.3. The second-order valence-corrected chi connectivity index (χ2v) is 6.63. The van der Waals surface area contributed by atoms with E-state index in [4.69, 9.17) is 0 Å². The van der Waals surface area contributed by atoms with E-state index in [2.05, 4.69) is 27.0 Å². The van der Waals surface area contributed by atoms with Crippen LogP contribution in [0, 0.1) is 5.92 Å². The van der Waals surface area contributed by atoms with E-state index < -0.39 is 0 Å². The van der Waals surface area contributed by atoms with Gasteiger partial charge in [-0.05, 0) is 55.5 Å². The lowest BCUT2D eigenvalue weighted by Gasteiger charge is -2.19. The van der Waals surface area contributed by atoms with Crippen molar-refractivity contribution in [1.82, 2.24) is 14.5 Å². The van der Waals surface area contributed by atoms with Crippen LogP contribution in [-0.4, -0.2) is 27.6 Å². The Hall–Kier alpha value is -2.69. The molecule has 3 aromatic rings. The summed E-state index contributed by atoms with van der Waals surface area (Å²) in [6.07, 6.45) is 5.79. The van der Waals surface area contributed by atoms with Crippen LogP contribution in [0.1, 0.15) is 18.9 Å². The Morgan fingerprint density at radius 3 is 2.76 bits per heavy atom. The van der Waals surface area contributed by atoms with E-state index in [1.54, 1.807) is 0 Å². The standard InChI is InChI=1S/C20H22N4O/c1-2-24-18-6-4-3-5-17(18)22-19(20(24)25)23-12-9-16(14-23)13-15-7-10-21-11-8-15/h3-8,10-11,16H,2,9,12-14H2,1H3/t16-/m0/s1. The van der Waals surface area contributed by atoms with Crippen molar-refractivity contribution < 1.29 is 0 Å². The Balaban J connectivity index is 1.62. The lowest BCUT2D eigenvalue weighted by atomic mass is 10.00. The number of aryl methyl sites for hydroxylation is 1. The maximum Gasteiger partial charge on any atom is 0.293 e. The number of nitrogens with zero attached hydrogens (tertiary/aromatic N) is 4. The second kappa shape index (κ2) is 6.67. The molecular weight excluding hydrogens is 312 g/mol. The maximum absolute atomic E-state index is 12.9. The fourth-order valence-electron chi connectivity index (χ4n) is 3.74. The largest absolute Gasteiger partial charge is 0.352 e. The molecular formula is C20H22N4O. The summed E-state index contributed by atoms with van der Waals surface area (Å²) in [6, 6.07) is 12.0. The minimum Gasteiger partial charge on any atom is -0.352 e. The summed E-state index contributed by atoms with van der Waals surface area (Å²) >= 11 is 0. The number of para-hydroxylation sites is 2. The zero-order valence-electron chi connectivity index (χ0n) is 14.4. The fourth-order valence-corrected chi connectivity index (χ4v) is 3.74. The van der Waals surface area contributed by atoms with Crippen LogP contribution in [0.3, 0.4) is 0 Å². The van der Waals surface area contributed by atoms with E-state index in [1.165, 1.54) is 5.56 Å². The second-order valence-electron chi connectivity index (χ2n) is 6.63. The molecule has 1 atom stereocenters. The van der Waals surface area contributed by atoms with Crippen LogP contribution >= 0.6 is 0 Å². The van der Waals surface area contributed by atoms with E-state index >= 15 is 0 Å². The van der Waals surface area contributed by atoms with Crippen molar-refractivity contribution in [3.05, 3.63) is 64.7 Å². The van der Waals surface area contributed by atoms with Gasteiger partial charge in [-0.15, -0.1) is 0 Å². The van der Waals surface area contributed by atoms with Crippen LogP contribution in [0.5, 0.6) is 0 Å². The summed E-state index contributed by atoms with van der Waals surface area (Å²) in [5.74, 6) is 1.14. The molecule has 1 aliphatic heterocycles. The average molecular weight is 334 g/mol. The van der Waals surface area contributed by atoms with E-state index in [0.29, 0.717) is 18.3 Å². The van der Waals surface area contributed by atoms with Crippen molar-refractivity contribution in [3.63, 3.8) is 0 Å². The Morgan fingerprint density at radius 2 is 1.96 bits per heavy atom. The third-order valence-electron chi connectivity index (χ3n) is 5.01. The molecule has 1 aliphatic rings. The molecule has 128 valence electrons. The molecule has 0 amide bonds. The topological polar surface area (TPSA) is 51.0 Å². The molecule has 1 saturated heterocycles. The van der Waals surface area contributed by atoms with Crippen LogP contribution < -0.4 is 10.5 Å². The fraction of sp³-hybridized carbons (Fsp3) is 0.350. The molecule has 1 aromatic carbocycles. The quantitative estimate of drug-likeness (QED) is 0.736. The van der Waals surface area contributed by atoms with Gasteiger partial charge in [0.1, 0.15) is 0 Å². The first-order valence-corrected chi connectivity index (χ1v) is 8.89. The minimum absolute atomic E-state index is 0.0192. The highest BCUT2D eigenvalue weighted by Gasteiger charge is 2.26. The van der Waals surface area contributed by atoms with Crippen LogP contribution in [-0.2, 0) is 13.0 Å². The van der Waals surface area contributed by atoms with Gasteiger partial charge in [-0.3, -0.25) is 9.78 Å². The van der Waals surface area contributed by atoms with Gasteiger partial charge >= 0.3 is 0 Å². The number of fused-ring (bicyclic) bond motifs is 1. The van der Waals surface area contributed by atoms with Gasteiger partial charge in [-0.25, -0.2) is 4.98 Å². The Morgan fingerprint density at radius 1 is 1.16 bits per heavy atom. The lowest BCUT2D eigenvalue weighted by molar-refractivity contribution is 0.585. The van der Waals surface area contributed by atoms with Gasteiger partial charge in [0.15, 0.2) is 5.82 Å². The number of hydrogen-bond donors (Lipinski definition) is 0. The van der Waals surface area contributed by atoms with E-state index in [-0.39, 0.29) is 5.56 Å². The SMILES string of the molecule is CCn1c(=O)c(N2CC[C@@H](Cc3ccncc3)C2)nc2ccccc21. The van der Waals surface area contributed by atoms with Crippen molar-refractivity contribution in [2.24, 2.45) is 5.92 Å². The summed E-state index contributed by atoms with van der Waals surface area (Å²) in [7, 11) is 0. The summed E-state index contributed by atoms with van der Waals surface area (Å²) in [5.41, 5.74) is 3.12. The summed E-state index contributed by atoms with van der Waals surface area (Å²) in [6.45, 7) is 4.43. The number of aromatic nitrogens is 3. The van der Waals surface area contributed by atoms with Crippen molar-refractivity contribution in [2.45, 2.75) is 26.3 Å². The highest BCUT2D eigenvalue weighted by Crippen LogP contribution is 2.24. The van der Waals surface area contributed by atoms with Crippen LogP contribution in [0.25, 0.3) is 11.0 Å². The third kappa shape index (κ3) is 3.02.